The van der Waals surface area contributed by atoms with Crippen molar-refractivity contribution >= 4 is 28.9 Å². The number of carbonyl (C=O) groups is 3. The van der Waals surface area contributed by atoms with Crippen LogP contribution < -0.4 is 10.9 Å². The van der Waals surface area contributed by atoms with Crippen molar-refractivity contribution in [3.63, 3.8) is 0 Å². The molecule has 11 nitrogen and oxygen atoms in total. The number of hydrogen-bond acceptors (Lipinski definition) is 9. The van der Waals surface area contributed by atoms with Crippen molar-refractivity contribution in [3.8, 4) is 17.1 Å². The van der Waals surface area contributed by atoms with Crippen LogP contribution in [-0.4, -0.2) is 44.3 Å². The van der Waals surface area contributed by atoms with Crippen LogP contribution in [-0.2, 0) is 49.0 Å². The summed E-state index contributed by atoms with van der Waals surface area (Å²) in [6.45, 7) is 12.2. The zero-order valence-electron chi connectivity index (χ0n) is 25.5. The molecule has 0 spiro atoms. The van der Waals surface area contributed by atoms with E-state index in [0.717, 1.165) is 16.5 Å². The van der Waals surface area contributed by atoms with Crippen molar-refractivity contribution in [2.24, 2.45) is 5.92 Å². The van der Waals surface area contributed by atoms with Crippen LogP contribution in [0, 0.1) is 5.92 Å². The minimum Gasteiger partial charge on any atom is -0.508 e. The zero-order chi connectivity index (χ0) is 31.4. The zero-order valence-corrected chi connectivity index (χ0v) is 25.5. The topological polar surface area (TPSA) is 146 Å². The lowest BCUT2D eigenvalue weighted by atomic mass is 9.85. The van der Waals surface area contributed by atoms with Crippen LogP contribution in [0.5, 0.6) is 5.75 Å². The van der Waals surface area contributed by atoms with Crippen LogP contribution in [0.2, 0.25) is 0 Å². The number of benzene rings is 1. The molecule has 2 atom stereocenters. The molecular formula is C32H37N3O8. The highest BCUT2D eigenvalue weighted by Gasteiger charge is 2.51. The van der Waals surface area contributed by atoms with Crippen molar-refractivity contribution in [1.82, 2.24) is 14.9 Å². The Hall–Kier alpha value is -4.41. The molecule has 5 rings (SSSR count). The second-order valence-electron chi connectivity index (χ2n) is 12.3. The molecule has 11 heteroatoms. The van der Waals surface area contributed by atoms with Gasteiger partial charge in [0.25, 0.3) is 5.56 Å². The van der Waals surface area contributed by atoms with E-state index in [1.54, 1.807) is 70.4 Å². The third kappa shape index (κ3) is 5.10. The number of aromatic nitrogens is 2. The average Bonchev–Trinajstić information content (AvgIpc) is 3.29. The molecule has 1 amide bonds. The number of phenols is 1. The van der Waals surface area contributed by atoms with Crippen molar-refractivity contribution in [1.29, 1.82) is 0 Å². The first-order valence-corrected chi connectivity index (χ1v) is 14.5. The van der Waals surface area contributed by atoms with Gasteiger partial charge in [0.15, 0.2) is 0 Å². The number of amides is 1. The van der Waals surface area contributed by atoms with E-state index in [4.69, 9.17) is 19.2 Å². The molecule has 2 aromatic heterocycles. The fourth-order valence-corrected chi connectivity index (χ4v) is 5.88. The van der Waals surface area contributed by atoms with Crippen LogP contribution >= 0.6 is 0 Å². The maximum Gasteiger partial charge on any atom is 0.408 e. The number of carbonyl (C=O) groups excluding carboxylic acids is 3. The van der Waals surface area contributed by atoms with E-state index >= 15 is 0 Å². The third-order valence-corrected chi connectivity index (χ3v) is 7.98. The normalized spacial score (nSPS) is 18.0. The molecule has 0 bridgehead atoms. The molecule has 1 aromatic carbocycles. The van der Waals surface area contributed by atoms with Crippen molar-refractivity contribution < 1.29 is 33.7 Å². The first kappa shape index (κ1) is 30.1. The van der Waals surface area contributed by atoms with Crippen LogP contribution in [0.4, 0.5) is 4.79 Å². The summed E-state index contributed by atoms with van der Waals surface area (Å²) < 4.78 is 18.3. The van der Waals surface area contributed by atoms with Crippen LogP contribution in [0.1, 0.15) is 77.1 Å². The molecule has 2 N–H and O–H groups in total. The van der Waals surface area contributed by atoms with Crippen LogP contribution in [0.25, 0.3) is 22.3 Å². The molecule has 2 aliphatic heterocycles. The van der Waals surface area contributed by atoms with Gasteiger partial charge in [0.2, 0.25) is 5.60 Å². The molecule has 0 saturated heterocycles. The molecule has 0 aliphatic carbocycles. The smallest absolute Gasteiger partial charge is 0.408 e. The number of pyridine rings is 2. The Balaban J connectivity index is 1.61. The first-order chi connectivity index (χ1) is 20.2. The lowest BCUT2D eigenvalue weighted by Gasteiger charge is -2.37. The van der Waals surface area contributed by atoms with Crippen LogP contribution in [0.15, 0.2) is 29.1 Å². The van der Waals surface area contributed by atoms with Gasteiger partial charge in [0.1, 0.15) is 24.0 Å². The summed E-state index contributed by atoms with van der Waals surface area (Å²) in [6.07, 6.45) is -0.166. The van der Waals surface area contributed by atoms with Gasteiger partial charge >= 0.3 is 18.0 Å². The van der Waals surface area contributed by atoms with Gasteiger partial charge in [-0.2, -0.15) is 0 Å². The maximum absolute atomic E-state index is 13.9. The Bertz CT molecular complexity index is 1720. The van der Waals surface area contributed by atoms with E-state index in [2.05, 4.69) is 5.32 Å². The fourth-order valence-electron chi connectivity index (χ4n) is 5.88. The quantitative estimate of drug-likeness (QED) is 0.245. The van der Waals surface area contributed by atoms with Gasteiger partial charge in [-0.05, 0) is 69.4 Å². The molecule has 43 heavy (non-hydrogen) atoms. The number of aromatic hydroxyl groups is 1. The van der Waals surface area contributed by atoms with E-state index < -0.39 is 41.2 Å². The number of esters is 2. The number of rotatable bonds is 6. The number of fused-ring (bicyclic) bond motifs is 5. The van der Waals surface area contributed by atoms with Gasteiger partial charge in [-0.3, -0.25) is 4.79 Å². The van der Waals surface area contributed by atoms with Gasteiger partial charge in [0.05, 0.1) is 29.0 Å². The summed E-state index contributed by atoms with van der Waals surface area (Å²) in [7, 11) is 0. The Morgan fingerprint density at radius 3 is 2.51 bits per heavy atom. The molecule has 228 valence electrons. The molecular weight excluding hydrogens is 554 g/mol. The standard InChI is InChI=1S/C32H37N3O8/c1-8-18-19-12-17(36)10-11-23(19)33-26-20(18)14-35-24(26)13-22-21(27(35)37)15-41-29(39)32(22,9-2)42-28(38)25(16(3)4)34-30(40)43-31(5,6)7/h10-13,16,25,36H,8-9,14-15H2,1-7H3,(H,34,40)/t25-,32-/m0/s1. The first-order valence-electron chi connectivity index (χ1n) is 14.5. The largest absolute Gasteiger partial charge is 0.508 e. The minimum absolute atomic E-state index is 0.0117. The number of alkyl carbamates (subject to hydrolysis) is 1. The average molecular weight is 592 g/mol. The second-order valence-corrected chi connectivity index (χ2v) is 12.3. The summed E-state index contributed by atoms with van der Waals surface area (Å²) >= 11 is 0. The summed E-state index contributed by atoms with van der Waals surface area (Å²) in [6, 6.07) is 5.52. The molecule has 4 heterocycles. The summed E-state index contributed by atoms with van der Waals surface area (Å²) in [5.74, 6) is -1.94. The monoisotopic (exact) mass is 591 g/mol. The van der Waals surface area contributed by atoms with Crippen LogP contribution in [0.3, 0.4) is 0 Å². The Morgan fingerprint density at radius 2 is 1.88 bits per heavy atom. The third-order valence-electron chi connectivity index (χ3n) is 7.98. The predicted octanol–water partition coefficient (Wildman–Crippen LogP) is 4.45. The van der Waals surface area contributed by atoms with E-state index in [9.17, 15) is 24.3 Å². The van der Waals surface area contributed by atoms with Crippen molar-refractivity contribution in [3.05, 3.63) is 56.9 Å². The summed E-state index contributed by atoms with van der Waals surface area (Å²) in [4.78, 5) is 58.4. The van der Waals surface area contributed by atoms with E-state index in [1.807, 2.05) is 6.92 Å². The van der Waals surface area contributed by atoms with E-state index in [0.29, 0.717) is 23.3 Å². The number of aryl methyl sites for hydroxylation is 1. The number of ether oxygens (including phenoxy) is 3. The number of nitrogens with one attached hydrogen (secondary N) is 1. The highest BCUT2D eigenvalue weighted by Crippen LogP contribution is 2.42. The Labute approximate surface area is 249 Å². The van der Waals surface area contributed by atoms with E-state index in [-0.39, 0.29) is 42.0 Å². The van der Waals surface area contributed by atoms with Gasteiger partial charge in [0, 0.05) is 16.5 Å². The fraction of sp³-hybridized carbons (Fsp3) is 0.469. The molecule has 2 aliphatic rings. The van der Waals surface area contributed by atoms with Crippen molar-refractivity contribution in [2.45, 2.75) is 91.7 Å². The number of hydrogen-bond donors (Lipinski definition) is 2. The summed E-state index contributed by atoms with van der Waals surface area (Å²) in [5.41, 5.74) is 0.959. The minimum atomic E-state index is -1.92. The van der Waals surface area contributed by atoms with Gasteiger partial charge in [-0.25, -0.2) is 19.4 Å². The highest BCUT2D eigenvalue weighted by atomic mass is 16.6. The molecule has 0 fully saturated rings. The highest BCUT2D eigenvalue weighted by molar-refractivity contribution is 5.91. The molecule has 3 aromatic rings. The predicted molar refractivity (Wildman–Crippen MR) is 157 cm³/mol. The van der Waals surface area contributed by atoms with E-state index in [1.165, 1.54) is 0 Å². The molecule has 0 saturated carbocycles. The van der Waals surface area contributed by atoms with Gasteiger partial charge in [-0.1, -0.05) is 27.7 Å². The van der Waals surface area contributed by atoms with Gasteiger partial charge in [-0.15, -0.1) is 0 Å². The Kier molecular flexibility index (Phi) is 7.48. The lowest BCUT2D eigenvalue weighted by molar-refractivity contribution is -0.191. The lowest BCUT2D eigenvalue weighted by Crippen LogP contribution is -2.53. The number of nitrogens with zero attached hydrogens (tertiary/aromatic N) is 2. The SMILES string of the molecule is CCc1c2c(nc3ccc(O)cc13)-c1cc3c(c(=O)n1C2)COC(=O)[C@@]3(CC)OC(=O)[C@@H](NC(=O)OC(C)(C)C)C(C)C. The molecule has 0 radical (unpaired) electrons. The van der Waals surface area contributed by atoms with Crippen molar-refractivity contribution in [2.75, 3.05) is 0 Å². The summed E-state index contributed by atoms with van der Waals surface area (Å²) in [5, 5.41) is 13.5. The second kappa shape index (κ2) is 10.7. The number of phenolic OH excluding ortho intramolecular Hbond substituents is 1. The van der Waals surface area contributed by atoms with Gasteiger partial charge < -0.3 is 29.2 Å². The number of cyclic esters (lactones) is 1. The Morgan fingerprint density at radius 1 is 1.16 bits per heavy atom. The maximum atomic E-state index is 13.9. The molecule has 0 unspecified atom stereocenters.